The Morgan fingerprint density at radius 3 is 2.76 bits per heavy atom. The fourth-order valence-corrected chi connectivity index (χ4v) is 2.84. The molecule has 5 heteroatoms. The summed E-state index contributed by atoms with van der Waals surface area (Å²) >= 11 is 0. The van der Waals surface area contributed by atoms with E-state index in [-0.39, 0.29) is 0 Å². The number of imidazole rings is 1. The van der Waals surface area contributed by atoms with Gasteiger partial charge in [-0.25, -0.2) is 13.8 Å². The second-order valence-electron chi connectivity index (χ2n) is 5.59. The van der Waals surface area contributed by atoms with Gasteiger partial charge in [-0.1, -0.05) is 25.3 Å². The summed E-state index contributed by atoms with van der Waals surface area (Å²) in [5.41, 5.74) is 0.459. The molecule has 0 amide bonds. The van der Waals surface area contributed by atoms with Gasteiger partial charge < -0.3 is 9.88 Å². The van der Waals surface area contributed by atoms with E-state index >= 15 is 0 Å². The van der Waals surface area contributed by atoms with E-state index in [4.69, 9.17) is 0 Å². The van der Waals surface area contributed by atoms with Crippen LogP contribution in [0.25, 0.3) is 0 Å². The fourth-order valence-electron chi connectivity index (χ4n) is 2.84. The van der Waals surface area contributed by atoms with Gasteiger partial charge in [-0.2, -0.15) is 0 Å². The summed E-state index contributed by atoms with van der Waals surface area (Å²) in [7, 11) is 0. The van der Waals surface area contributed by atoms with Crippen LogP contribution in [-0.2, 0) is 6.54 Å². The number of nitrogens with zero attached hydrogens (tertiary/aromatic N) is 2. The second-order valence-corrected chi connectivity index (χ2v) is 5.59. The number of anilines is 1. The summed E-state index contributed by atoms with van der Waals surface area (Å²) in [4.78, 5) is 4.31. The molecule has 2 aromatic rings. The number of nitrogens with one attached hydrogen (secondary N) is 1. The Kier molecular flexibility index (Phi) is 4.18. The van der Waals surface area contributed by atoms with E-state index in [1.807, 2.05) is 10.8 Å². The first-order chi connectivity index (χ1) is 10.2. The average Bonchev–Trinajstić information content (AvgIpc) is 2.90. The van der Waals surface area contributed by atoms with Gasteiger partial charge in [0.1, 0.15) is 11.6 Å². The molecule has 1 fully saturated rings. The molecule has 1 N–H and O–H groups in total. The molecule has 0 atom stereocenters. The number of benzene rings is 1. The molecule has 0 unspecified atom stereocenters. The summed E-state index contributed by atoms with van der Waals surface area (Å²) in [6.07, 6.45) is 9.60. The van der Waals surface area contributed by atoms with E-state index in [0.717, 1.165) is 24.9 Å². The number of hydrogen-bond acceptors (Lipinski definition) is 2. The van der Waals surface area contributed by atoms with Crippen LogP contribution in [0.5, 0.6) is 0 Å². The molecule has 1 aliphatic carbocycles. The van der Waals surface area contributed by atoms with Crippen molar-refractivity contribution in [3.05, 3.63) is 47.8 Å². The van der Waals surface area contributed by atoms with Crippen molar-refractivity contribution < 1.29 is 8.78 Å². The SMILES string of the molecule is Fc1ccc(Cn2ccnc2NC2CCCCC2)c(F)c1. The highest BCUT2D eigenvalue weighted by molar-refractivity contribution is 5.30. The van der Waals surface area contributed by atoms with E-state index in [1.54, 1.807) is 6.20 Å². The third-order valence-electron chi connectivity index (χ3n) is 4.01. The zero-order valence-corrected chi connectivity index (χ0v) is 11.9. The maximum Gasteiger partial charge on any atom is 0.203 e. The number of rotatable bonds is 4. The van der Waals surface area contributed by atoms with Crippen molar-refractivity contribution >= 4 is 5.95 Å². The van der Waals surface area contributed by atoms with Crippen LogP contribution >= 0.6 is 0 Å². The minimum atomic E-state index is -0.553. The fraction of sp³-hybridized carbons (Fsp3) is 0.438. The highest BCUT2D eigenvalue weighted by Gasteiger charge is 2.15. The Morgan fingerprint density at radius 2 is 2.00 bits per heavy atom. The van der Waals surface area contributed by atoms with Crippen molar-refractivity contribution in [2.24, 2.45) is 0 Å². The lowest BCUT2D eigenvalue weighted by atomic mass is 9.96. The van der Waals surface area contributed by atoms with E-state index in [9.17, 15) is 8.78 Å². The van der Waals surface area contributed by atoms with Crippen molar-refractivity contribution in [1.82, 2.24) is 9.55 Å². The minimum absolute atomic E-state index is 0.348. The van der Waals surface area contributed by atoms with Crippen LogP contribution in [0.1, 0.15) is 37.7 Å². The van der Waals surface area contributed by atoms with Gasteiger partial charge in [0.05, 0.1) is 6.54 Å². The zero-order chi connectivity index (χ0) is 14.7. The summed E-state index contributed by atoms with van der Waals surface area (Å²) in [5.74, 6) is -0.319. The predicted molar refractivity (Wildman–Crippen MR) is 78.2 cm³/mol. The van der Waals surface area contributed by atoms with Gasteiger partial charge >= 0.3 is 0 Å². The molecule has 1 aliphatic rings. The van der Waals surface area contributed by atoms with Crippen molar-refractivity contribution in [3.8, 4) is 0 Å². The largest absolute Gasteiger partial charge is 0.353 e. The molecule has 1 aromatic heterocycles. The molecule has 1 saturated carbocycles. The number of hydrogen-bond donors (Lipinski definition) is 1. The van der Waals surface area contributed by atoms with Gasteiger partial charge in [0, 0.05) is 30.1 Å². The number of aromatic nitrogens is 2. The molecule has 3 rings (SSSR count). The molecule has 112 valence electrons. The summed E-state index contributed by atoms with van der Waals surface area (Å²) in [6.45, 7) is 0.348. The lowest BCUT2D eigenvalue weighted by Crippen LogP contribution is -2.24. The number of halogens is 2. The zero-order valence-electron chi connectivity index (χ0n) is 11.9. The van der Waals surface area contributed by atoms with Crippen LogP contribution in [0.3, 0.4) is 0 Å². The highest BCUT2D eigenvalue weighted by Crippen LogP contribution is 2.21. The average molecular weight is 291 g/mol. The third kappa shape index (κ3) is 3.40. The first kappa shape index (κ1) is 14.0. The molecule has 0 radical (unpaired) electrons. The molecule has 0 saturated heterocycles. The Hall–Kier alpha value is -1.91. The van der Waals surface area contributed by atoms with E-state index in [2.05, 4.69) is 10.3 Å². The Morgan fingerprint density at radius 1 is 1.19 bits per heavy atom. The summed E-state index contributed by atoms with van der Waals surface area (Å²) in [6, 6.07) is 4.12. The molecular formula is C16H19F2N3. The van der Waals surface area contributed by atoms with E-state index in [0.29, 0.717) is 18.2 Å². The predicted octanol–water partition coefficient (Wildman–Crippen LogP) is 3.95. The lowest BCUT2D eigenvalue weighted by Gasteiger charge is -2.23. The standard InChI is InChI=1S/C16H19F2N3/c17-13-7-6-12(15(18)10-13)11-21-9-8-19-16(21)20-14-4-2-1-3-5-14/h6-10,14H,1-5,11H2,(H,19,20). The smallest absolute Gasteiger partial charge is 0.203 e. The maximum absolute atomic E-state index is 13.7. The van der Waals surface area contributed by atoms with Gasteiger partial charge in [0.15, 0.2) is 0 Å². The van der Waals surface area contributed by atoms with Gasteiger partial charge in [-0.05, 0) is 18.9 Å². The molecule has 1 aromatic carbocycles. The molecule has 21 heavy (non-hydrogen) atoms. The Balaban J connectivity index is 1.72. The normalized spacial score (nSPS) is 16.1. The first-order valence-corrected chi connectivity index (χ1v) is 7.44. The lowest BCUT2D eigenvalue weighted by molar-refractivity contribution is 0.459. The molecule has 0 bridgehead atoms. The van der Waals surface area contributed by atoms with Gasteiger partial charge in [0.2, 0.25) is 5.95 Å². The maximum atomic E-state index is 13.7. The topological polar surface area (TPSA) is 29.9 Å². The van der Waals surface area contributed by atoms with Gasteiger partial charge in [-0.15, -0.1) is 0 Å². The van der Waals surface area contributed by atoms with E-state index < -0.39 is 11.6 Å². The summed E-state index contributed by atoms with van der Waals surface area (Å²) < 4.78 is 28.5. The van der Waals surface area contributed by atoms with Crippen LogP contribution in [0.2, 0.25) is 0 Å². The molecule has 3 nitrogen and oxygen atoms in total. The van der Waals surface area contributed by atoms with Crippen molar-refractivity contribution in [1.29, 1.82) is 0 Å². The van der Waals surface area contributed by atoms with Crippen LogP contribution in [-0.4, -0.2) is 15.6 Å². The Bertz CT molecular complexity index is 603. The Labute approximate surface area is 123 Å². The minimum Gasteiger partial charge on any atom is -0.353 e. The van der Waals surface area contributed by atoms with Crippen LogP contribution in [0, 0.1) is 11.6 Å². The third-order valence-corrected chi connectivity index (χ3v) is 4.01. The molecule has 0 aliphatic heterocycles. The van der Waals surface area contributed by atoms with Crippen LogP contribution in [0.15, 0.2) is 30.6 Å². The van der Waals surface area contributed by atoms with Crippen LogP contribution < -0.4 is 5.32 Å². The van der Waals surface area contributed by atoms with Crippen molar-refractivity contribution in [3.63, 3.8) is 0 Å². The monoisotopic (exact) mass is 291 g/mol. The van der Waals surface area contributed by atoms with E-state index in [1.165, 1.54) is 31.4 Å². The van der Waals surface area contributed by atoms with Crippen molar-refractivity contribution in [2.45, 2.75) is 44.7 Å². The van der Waals surface area contributed by atoms with Gasteiger partial charge in [0.25, 0.3) is 0 Å². The highest BCUT2D eigenvalue weighted by atomic mass is 19.1. The van der Waals surface area contributed by atoms with Crippen LogP contribution in [0.4, 0.5) is 14.7 Å². The first-order valence-electron chi connectivity index (χ1n) is 7.44. The second kappa shape index (κ2) is 6.24. The quantitative estimate of drug-likeness (QED) is 0.924. The summed E-state index contributed by atoms with van der Waals surface area (Å²) in [5, 5.41) is 3.44. The molecule has 1 heterocycles. The van der Waals surface area contributed by atoms with Crippen molar-refractivity contribution in [2.75, 3.05) is 5.32 Å². The molecule has 0 spiro atoms. The van der Waals surface area contributed by atoms with Gasteiger partial charge in [-0.3, -0.25) is 0 Å². The molecular weight excluding hydrogens is 272 g/mol.